The van der Waals surface area contributed by atoms with E-state index in [-0.39, 0.29) is 19.4 Å². The van der Waals surface area contributed by atoms with E-state index in [1.54, 1.807) is 0 Å². The second-order valence-electron chi connectivity index (χ2n) is 13.2. The van der Waals surface area contributed by atoms with Gasteiger partial charge in [-0.05, 0) is 51.4 Å². The fourth-order valence-corrected chi connectivity index (χ4v) is 5.86. The van der Waals surface area contributed by atoms with Crippen molar-refractivity contribution in [1.82, 2.24) is 0 Å². The van der Waals surface area contributed by atoms with Gasteiger partial charge in [0, 0.05) is 12.8 Å². The third kappa shape index (κ3) is 37.4. The van der Waals surface area contributed by atoms with Crippen molar-refractivity contribution in [3.05, 3.63) is 24.3 Å². The Balaban J connectivity index is 4.00. The van der Waals surface area contributed by atoms with E-state index in [4.69, 9.17) is 19.3 Å². The number of phosphoric acid groups is 1. The maximum absolute atomic E-state index is 12.3. The zero-order valence-electron chi connectivity index (χ0n) is 30.9. The Labute approximate surface area is 294 Å². The lowest BCUT2D eigenvalue weighted by molar-refractivity contribution is -0.161. The minimum atomic E-state index is -4.76. The van der Waals surface area contributed by atoms with Gasteiger partial charge in [0.05, 0.1) is 6.61 Å². The number of phosphoric ester groups is 1. The lowest BCUT2D eigenvalue weighted by Crippen LogP contribution is -2.29. The molecule has 0 aromatic rings. The molecule has 2 N–H and O–H groups in total. The van der Waals surface area contributed by atoms with Gasteiger partial charge in [0.2, 0.25) is 0 Å². The third-order valence-corrected chi connectivity index (χ3v) is 8.94. The lowest BCUT2D eigenvalue weighted by atomic mass is 10.1. The Hall–Kier alpha value is -1.47. The first-order chi connectivity index (χ1) is 23.3. The van der Waals surface area contributed by atoms with Crippen molar-refractivity contribution in [3.8, 4) is 0 Å². The summed E-state index contributed by atoms with van der Waals surface area (Å²) in [5, 5.41) is 0. The number of hydrogen-bond acceptors (Lipinski definition) is 6. The molecule has 0 bridgehead atoms. The molecule has 0 aliphatic heterocycles. The highest BCUT2D eigenvalue weighted by molar-refractivity contribution is 7.46. The number of allylic oxidation sites excluding steroid dienone is 4. The molecule has 0 heterocycles. The Bertz CT molecular complexity index is 838. The van der Waals surface area contributed by atoms with Gasteiger partial charge in [-0.2, -0.15) is 0 Å². The van der Waals surface area contributed by atoms with Crippen molar-refractivity contribution in [3.63, 3.8) is 0 Å². The first kappa shape index (κ1) is 46.5. The predicted octanol–water partition coefficient (Wildman–Crippen LogP) is 11.6. The Morgan fingerprint density at radius 2 is 0.917 bits per heavy atom. The number of rotatable bonds is 36. The highest BCUT2D eigenvalue weighted by Gasteiger charge is 2.22. The van der Waals surface area contributed by atoms with Gasteiger partial charge in [0.25, 0.3) is 0 Å². The van der Waals surface area contributed by atoms with Crippen LogP contribution in [-0.4, -0.2) is 41.0 Å². The monoisotopic (exact) mass is 701 g/mol. The highest BCUT2D eigenvalue weighted by Crippen LogP contribution is 2.36. The molecule has 0 aromatic carbocycles. The van der Waals surface area contributed by atoms with E-state index in [0.717, 1.165) is 32.1 Å². The number of ether oxygens (including phenoxy) is 2. The minimum absolute atomic E-state index is 0.177. The van der Waals surface area contributed by atoms with Crippen LogP contribution in [0.25, 0.3) is 0 Å². The largest absolute Gasteiger partial charge is 0.469 e. The van der Waals surface area contributed by atoms with E-state index in [1.807, 2.05) is 6.08 Å². The third-order valence-electron chi connectivity index (χ3n) is 8.46. The van der Waals surface area contributed by atoms with Crippen LogP contribution in [0.1, 0.15) is 194 Å². The Kier molecular flexibility index (Phi) is 34.3. The fraction of sp³-hybridized carbons (Fsp3) is 0.846. The minimum Gasteiger partial charge on any atom is -0.462 e. The molecule has 0 unspecified atom stereocenters. The SMILES string of the molecule is CCCCCCCCCCC/C=C/CCCCC(=O)O[C@H](COC(=O)CC/C=C/CCCCCCCCCCCCC)COP(=O)(O)O. The van der Waals surface area contributed by atoms with Crippen LogP contribution in [0.3, 0.4) is 0 Å². The molecule has 9 heteroatoms. The fourth-order valence-electron chi connectivity index (χ4n) is 5.50. The molecule has 0 fully saturated rings. The van der Waals surface area contributed by atoms with E-state index in [9.17, 15) is 14.2 Å². The molecule has 0 radical (unpaired) electrons. The summed E-state index contributed by atoms with van der Waals surface area (Å²) in [5.41, 5.74) is 0. The van der Waals surface area contributed by atoms with Crippen LogP contribution in [0.15, 0.2) is 24.3 Å². The van der Waals surface area contributed by atoms with Crippen molar-refractivity contribution < 1.29 is 37.9 Å². The molecule has 1 atom stereocenters. The predicted molar refractivity (Wildman–Crippen MR) is 198 cm³/mol. The van der Waals surface area contributed by atoms with Crippen LogP contribution < -0.4 is 0 Å². The quantitative estimate of drug-likeness (QED) is 0.0287. The van der Waals surface area contributed by atoms with Crippen LogP contribution in [0.5, 0.6) is 0 Å². The summed E-state index contributed by atoms with van der Waals surface area (Å²) in [6.07, 6.45) is 39.1. The Morgan fingerprint density at radius 3 is 1.35 bits per heavy atom. The van der Waals surface area contributed by atoms with Gasteiger partial charge in [0.15, 0.2) is 6.10 Å². The van der Waals surface area contributed by atoms with Crippen molar-refractivity contribution in [1.29, 1.82) is 0 Å². The molecule has 0 saturated carbocycles. The summed E-state index contributed by atoms with van der Waals surface area (Å²) in [4.78, 5) is 42.7. The standard InChI is InChI=1S/C39H73O8P/c1-3-5-7-9-11-13-15-17-19-21-23-25-27-29-31-33-38(40)45-35-37(36-46-48(42,43)44)47-39(41)34-32-30-28-26-24-22-20-18-16-14-12-10-8-6-4-2/h24,26-27,29,37H,3-23,25,28,30-36H2,1-2H3,(H2,42,43,44)/b26-24+,29-27+/t37-/m1/s1. The van der Waals surface area contributed by atoms with Crippen LogP contribution in [0, 0.1) is 0 Å². The maximum atomic E-state index is 12.3. The van der Waals surface area contributed by atoms with E-state index >= 15 is 0 Å². The average Bonchev–Trinajstić information content (AvgIpc) is 3.05. The van der Waals surface area contributed by atoms with E-state index in [2.05, 4.69) is 36.6 Å². The van der Waals surface area contributed by atoms with Gasteiger partial charge in [-0.25, -0.2) is 4.57 Å². The van der Waals surface area contributed by atoms with Crippen LogP contribution >= 0.6 is 7.82 Å². The molecule has 282 valence electrons. The number of unbranched alkanes of at least 4 members (excludes halogenated alkanes) is 22. The second-order valence-corrected chi connectivity index (χ2v) is 14.5. The summed E-state index contributed by atoms with van der Waals surface area (Å²) in [7, 11) is -4.76. The normalized spacial score (nSPS) is 12.7. The zero-order valence-corrected chi connectivity index (χ0v) is 31.8. The van der Waals surface area contributed by atoms with Crippen molar-refractivity contribution >= 4 is 19.8 Å². The number of carbonyl (C=O) groups excluding carboxylic acids is 2. The number of carbonyl (C=O) groups is 2. The molecule has 0 spiro atoms. The van der Waals surface area contributed by atoms with E-state index in [0.29, 0.717) is 12.8 Å². The van der Waals surface area contributed by atoms with Crippen molar-refractivity contribution in [2.24, 2.45) is 0 Å². The molecule has 0 saturated heterocycles. The number of hydrogen-bond donors (Lipinski definition) is 2. The summed E-state index contributed by atoms with van der Waals surface area (Å²) >= 11 is 0. The highest BCUT2D eigenvalue weighted by atomic mass is 31.2. The van der Waals surface area contributed by atoms with Crippen molar-refractivity contribution in [2.75, 3.05) is 13.2 Å². The molecule has 0 rings (SSSR count). The van der Waals surface area contributed by atoms with Crippen LogP contribution in [0.4, 0.5) is 0 Å². The summed E-state index contributed by atoms with van der Waals surface area (Å²) in [6.45, 7) is 3.63. The lowest BCUT2D eigenvalue weighted by Gasteiger charge is -2.18. The average molecular weight is 701 g/mol. The van der Waals surface area contributed by atoms with E-state index in [1.165, 1.54) is 122 Å². The molecular weight excluding hydrogens is 627 g/mol. The zero-order chi connectivity index (χ0) is 35.4. The van der Waals surface area contributed by atoms with Gasteiger partial charge in [-0.15, -0.1) is 0 Å². The first-order valence-corrected chi connectivity index (χ1v) is 21.2. The first-order valence-electron chi connectivity index (χ1n) is 19.6. The summed E-state index contributed by atoms with van der Waals surface area (Å²) in [6, 6.07) is 0. The van der Waals surface area contributed by atoms with Crippen LogP contribution in [0.2, 0.25) is 0 Å². The molecule has 48 heavy (non-hydrogen) atoms. The van der Waals surface area contributed by atoms with Gasteiger partial charge < -0.3 is 19.3 Å². The Morgan fingerprint density at radius 1 is 0.521 bits per heavy atom. The maximum Gasteiger partial charge on any atom is 0.469 e. The van der Waals surface area contributed by atoms with Gasteiger partial charge in [-0.1, -0.05) is 154 Å². The topological polar surface area (TPSA) is 119 Å². The molecule has 0 aliphatic carbocycles. The summed E-state index contributed by atoms with van der Waals surface area (Å²) < 4.78 is 26.2. The number of esters is 2. The molecule has 8 nitrogen and oxygen atoms in total. The smallest absolute Gasteiger partial charge is 0.462 e. The molecule has 0 aliphatic rings. The second kappa shape index (κ2) is 35.4. The van der Waals surface area contributed by atoms with Gasteiger partial charge in [-0.3, -0.25) is 14.1 Å². The van der Waals surface area contributed by atoms with E-state index < -0.39 is 32.5 Å². The van der Waals surface area contributed by atoms with Crippen molar-refractivity contribution in [2.45, 2.75) is 200 Å². The summed E-state index contributed by atoms with van der Waals surface area (Å²) in [5.74, 6) is -0.963. The molecular formula is C39H73O8P. The van der Waals surface area contributed by atoms with Gasteiger partial charge >= 0.3 is 19.8 Å². The van der Waals surface area contributed by atoms with Crippen LogP contribution in [-0.2, 0) is 28.2 Å². The molecule has 0 amide bonds. The molecule has 0 aromatic heterocycles. The van der Waals surface area contributed by atoms with Gasteiger partial charge in [0.1, 0.15) is 6.61 Å².